The van der Waals surface area contributed by atoms with Gasteiger partial charge in [-0.25, -0.2) is 0 Å². The van der Waals surface area contributed by atoms with Gasteiger partial charge in [0, 0.05) is 11.8 Å². The molecule has 1 aliphatic carbocycles. The van der Waals surface area contributed by atoms with E-state index in [1.165, 1.54) is 12.8 Å². The van der Waals surface area contributed by atoms with Gasteiger partial charge >= 0.3 is 0 Å². The smallest absolute Gasteiger partial charge is 0.0193 e. The van der Waals surface area contributed by atoms with Crippen LogP contribution in [0.25, 0.3) is 0 Å². The van der Waals surface area contributed by atoms with Crippen molar-refractivity contribution in [2.75, 3.05) is 6.54 Å². The number of hydrogen-bond acceptors (Lipinski definition) is 2. The van der Waals surface area contributed by atoms with E-state index < -0.39 is 0 Å². The largest absolute Gasteiger partial charge is 0.264 e. The van der Waals surface area contributed by atoms with Gasteiger partial charge in [-0.1, -0.05) is 18.9 Å². The highest BCUT2D eigenvalue weighted by Crippen LogP contribution is 2.31. The topological polar surface area (TPSA) is 12.0 Å². The first-order chi connectivity index (χ1) is 3.43. The molecule has 1 aliphatic rings. The van der Waals surface area contributed by atoms with E-state index in [-0.39, 0.29) is 0 Å². The standard InChI is InChI=1S/C5H11NS/c1-2-6-7-5-3-4-5/h5-6H,2-4H2,1H3. The molecule has 1 fully saturated rings. The lowest BCUT2D eigenvalue weighted by molar-refractivity contribution is 1.03. The third kappa shape index (κ3) is 2.19. The van der Waals surface area contributed by atoms with Gasteiger partial charge in [-0.05, 0) is 12.8 Å². The molecule has 1 rings (SSSR count). The maximum atomic E-state index is 3.23. The average Bonchev–Trinajstić information content (AvgIpc) is 2.42. The fourth-order valence-corrected chi connectivity index (χ4v) is 1.16. The van der Waals surface area contributed by atoms with Crippen LogP contribution in [0.5, 0.6) is 0 Å². The quantitative estimate of drug-likeness (QED) is 0.561. The Labute approximate surface area is 49.0 Å². The average molecular weight is 117 g/mol. The second kappa shape index (κ2) is 2.58. The summed E-state index contributed by atoms with van der Waals surface area (Å²) >= 11 is 1.89. The molecular weight excluding hydrogens is 106 g/mol. The van der Waals surface area contributed by atoms with Crippen LogP contribution in [0.15, 0.2) is 0 Å². The molecule has 0 atom stereocenters. The fourth-order valence-electron chi connectivity index (χ4n) is 0.387. The molecule has 7 heavy (non-hydrogen) atoms. The van der Waals surface area contributed by atoms with Gasteiger partial charge in [0.1, 0.15) is 0 Å². The van der Waals surface area contributed by atoms with Crippen LogP contribution in [0, 0.1) is 0 Å². The zero-order chi connectivity index (χ0) is 5.11. The van der Waals surface area contributed by atoms with Crippen molar-refractivity contribution in [2.24, 2.45) is 0 Å². The third-order valence-electron chi connectivity index (χ3n) is 0.919. The number of rotatable bonds is 3. The van der Waals surface area contributed by atoms with Crippen LogP contribution in [0.2, 0.25) is 0 Å². The van der Waals surface area contributed by atoms with Crippen molar-refractivity contribution in [3.8, 4) is 0 Å². The first-order valence-corrected chi connectivity index (χ1v) is 3.70. The monoisotopic (exact) mass is 117 g/mol. The molecule has 42 valence electrons. The predicted molar refractivity (Wildman–Crippen MR) is 34.3 cm³/mol. The molecule has 0 saturated heterocycles. The van der Waals surface area contributed by atoms with E-state index in [1.54, 1.807) is 0 Å². The Bertz CT molecular complexity index is 52.0. The van der Waals surface area contributed by atoms with Crippen LogP contribution >= 0.6 is 11.9 Å². The number of nitrogens with one attached hydrogen (secondary N) is 1. The number of hydrogen-bond donors (Lipinski definition) is 1. The molecule has 0 bridgehead atoms. The van der Waals surface area contributed by atoms with Crippen molar-refractivity contribution >= 4 is 11.9 Å². The van der Waals surface area contributed by atoms with E-state index in [0.717, 1.165) is 11.8 Å². The summed E-state index contributed by atoms with van der Waals surface area (Å²) in [5.41, 5.74) is 0. The minimum atomic E-state index is 0.958. The van der Waals surface area contributed by atoms with Crippen LogP contribution in [-0.2, 0) is 0 Å². The van der Waals surface area contributed by atoms with E-state index >= 15 is 0 Å². The summed E-state index contributed by atoms with van der Waals surface area (Å²) in [6.07, 6.45) is 2.86. The molecule has 0 aromatic heterocycles. The lowest BCUT2D eigenvalue weighted by Gasteiger charge is -1.93. The SMILES string of the molecule is CCNSC1CC1. The lowest BCUT2D eigenvalue weighted by atomic mass is 10.8. The van der Waals surface area contributed by atoms with E-state index in [2.05, 4.69) is 11.6 Å². The van der Waals surface area contributed by atoms with Crippen molar-refractivity contribution in [2.45, 2.75) is 25.0 Å². The first-order valence-electron chi connectivity index (χ1n) is 2.82. The molecule has 0 unspecified atom stereocenters. The van der Waals surface area contributed by atoms with Crippen LogP contribution in [0.1, 0.15) is 19.8 Å². The first kappa shape index (κ1) is 5.45. The van der Waals surface area contributed by atoms with E-state index in [4.69, 9.17) is 0 Å². The van der Waals surface area contributed by atoms with Crippen LogP contribution in [-0.4, -0.2) is 11.8 Å². The zero-order valence-electron chi connectivity index (χ0n) is 4.61. The molecule has 0 amide bonds. The molecule has 1 nitrogen and oxygen atoms in total. The summed E-state index contributed by atoms with van der Waals surface area (Å²) in [6, 6.07) is 0. The third-order valence-corrected chi connectivity index (χ3v) is 2.18. The van der Waals surface area contributed by atoms with Gasteiger partial charge < -0.3 is 0 Å². The minimum absolute atomic E-state index is 0.958. The maximum absolute atomic E-state index is 3.23. The molecule has 1 saturated carbocycles. The van der Waals surface area contributed by atoms with Crippen molar-refractivity contribution in [3.05, 3.63) is 0 Å². The molecule has 0 heterocycles. The van der Waals surface area contributed by atoms with Gasteiger partial charge in [0.25, 0.3) is 0 Å². The minimum Gasteiger partial charge on any atom is -0.264 e. The molecule has 2 heteroatoms. The summed E-state index contributed by atoms with van der Waals surface area (Å²) in [6.45, 7) is 3.23. The van der Waals surface area contributed by atoms with Crippen molar-refractivity contribution in [1.82, 2.24) is 4.72 Å². The summed E-state index contributed by atoms with van der Waals surface area (Å²) < 4.78 is 3.23. The van der Waals surface area contributed by atoms with Gasteiger partial charge in [0.2, 0.25) is 0 Å². The maximum Gasteiger partial charge on any atom is 0.0193 e. The van der Waals surface area contributed by atoms with E-state index in [1.807, 2.05) is 11.9 Å². The van der Waals surface area contributed by atoms with Gasteiger partial charge in [-0.3, -0.25) is 4.72 Å². The summed E-state index contributed by atoms with van der Waals surface area (Å²) in [7, 11) is 0. The summed E-state index contributed by atoms with van der Waals surface area (Å²) in [4.78, 5) is 0. The molecular formula is C5H11NS. The Morgan fingerprint density at radius 2 is 2.43 bits per heavy atom. The Morgan fingerprint density at radius 3 is 2.86 bits per heavy atom. The van der Waals surface area contributed by atoms with Crippen molar-refractivity contribution < 1.29 is 0 Å². The Hall–Kier alpha value is 0.310. The van der Waals surface area contributed by atoms with Crippen molar-refractivity contribution in [3.63, 3.8) is 0 Å². The normalized spacial score (nSPS) is 20.1. The molecule has 0 spiro atoms. The summed E-state index contributed by atoms with van der Waals surface area (Å²) in [5, 5.41) is 0.958. The Kier molecular flexibility index (Phi) is 2.00. The van der Waals surface area contributed by atoms with Gasteiger partial charge in [-0.15, -0.1) is 0 Å². The van der Waals surface area contributed by atoms with Crippen LogP contribution in [0.4, 0.5) is 0 Å². The fraction of sp³-hybridized carbons (Fsp3) is 1.00. The lowest BCUT2D eigenvalue weighted by Crippen LogP contribution is -2.01. The second-order valence-corrected chi connectivity index (χ2v) is 3.01. The summed E-state index contributed by atoms with van der Waals surface area (Å²) in [5.74, 6) is 0. The van der Waals surface area contributed by atoms with Gasteiger partial charge in [-0.2, -0.15) is 0 Å². The van der Waals surface area contributed by atoms with E-state index in [9.17, 15) is 0 Å². The molecule has 1 N–H and O–H groups in total. The Balaban J connectivity index is 1.80. The highest BCUT2D eigenvalue weighted by atomic mass is 32.2. The Morgan fingerprint density at radius 1 is 1.71 bits per heavy atom. The highest BCUT2D eigenvalue weighted by Gasteiger charge is 2.20. The van der Waals surface area contributed by atoms with Crippen LogP contribution in [0.3, 0.4) is 0 Å². The van der Waals surface area contributed by atoms with Crippen molar-refractivity contribution in [1.29, 1.82) is 0 Å². The second-order valence-electron chi connectivity index (χ2n) is 1.82. The van der Waals surface area contributed by atoms with Gasteiger partial charge in [0.05, 0.1) is 0 Å². The molecule has 0 aromatic carbocycles. The zero-order valence-corrected chi connectivity index (χ0v) is 5.42. The molecule has 0 radical (unpaired) electrons. The molecule has 0 aliphatic heterocycles. The highest BCUT2D eigenvalue weighted by molar-refractivity contribution is 7.98. The van der Waals surface area contributed by atoms with Gasteiger partial charge in [0.15, 0.2) is 0 Å². The van der Waals surface area contributed by atoms with E-state index in [0.29, 0.717) is 0 Å². The molecule has 0 aromatic rings. The van der Waals surface area contributed by atoms with Crippen LogP contribution < -0.4 is 4.72 Å². The predicted octanol–water partition coefficient (Wildman–Crippen LogP) is 1.41.